The Morgan fingerprint density at radius 2 is 1.93 bits per heavy atom. The minimum absolute atomic E-state index is 0.365. The first-order valence-electron chi connectivity index (χ1n) is 6.61. The van der Waals surface area contributed by atoms with E-state index >= 15 is 0 Å². The lowest BCUT2D eigenvalue weighted by Crippen LogP contribution is -2.35. The highest BCUT2D eigenvalue weighted by atomic mass is 16.5. The highest BCUT2D eigenvalue weighted by Crippen LogP contribution is 2.32. The first-order valence-corrected chi connectivity index (χ1v) is 6.61. The quantitative estimate of drug-likeness (QED) is 0.636. The zero-order valence-corrected chi connectivity index (χ0v) is 10.6. The van der Waals surface area contributed by atoms with E-state index in [2.05, 4.69) is 26.1 Å². The smallest absolute Gasteiger partial charge is 0.0671 e. The summed E-state index contributed by atoms with van der Waals surface area (Å²) in [7, 11) is 0. The molecule has 0 radical (unpaired) electrons. The molecule has 1 rings (SSSR count). The number of hydrogen-bond donors (Lipinski definition) is 1. The van der Waals surface area contributed by atoms with Gasteiger partial charge in [-0.1, -0.05) is 26.7 Å². The molecule has 1 unspecified atom stereocenters. The third-order valence-electron chi connectivity index (χ3n) is 3.30. The van der Waals surface area contributed by atoms with Crippen LogP contribution >= 0.6 is 0 Å². The molecule has 2 heteroatoms. The first-order chi connectivity index (χ1) is 7.26. The van der Waals surface area contributed by atoms with Crippen LogP contribution in [-0.4, -0.2) is 25.3 Å². The molecule has 0 bridgehead atoms. The van der Waals surface area contributed by atoms with E-state index in [1.807, 2.05) is 0 Å². The van der Waals surface area contributed by atoms with Gasteiger partial charge in [0, 0.05) is 19.2 Å². The van der Waals surface area contributed by atoms with Gasteiger partial charge in [-0.3, -0.25) is 0 Å². The minimum Gasteiger partial charge on any atom is -0.377 e. The Bertz CT molecular complexity index is 153. The molecule has 0 saturated heterocycles. The third kappa shape index (κ3) is 6.16. The second kappa shape index (κ2) is 7.24. The largest absolute Gasteiger partial charge is 0.377 e. The van der Waals surface area contributed by atoms with Crippen molar-refractivity contribution in [3.8, 4) is 0 Å². The topological polar surface area (TPSA) is 21.3 Å². The molecule has 0 amide bonds. The van der Waals surface area contributed by atoms with Crippen LogP contribution in [0.25, 0.3) is 0 Å². The van der Waals surface area contributed by atoms with E-state index in [9.17, 15) is 0 Å². The monoisotopic (exact) mass is 213 g/mol. The summed E-state index contributed by atoms with van der Waals surface area (Å²) in [5.74, 6) is 0.990. The highest BCUT2D eigenvalue weighted by molar-refractivity contribution is 4.72. The molecule has 0 aromatic heterocycles. The lowest BCUT2D eigenvalue weighted by Gasteiger charge is -2.19. The van der Waals surface area contributed by atoms with E-state index in [0.717, 1.165) is 19.1 Å². The summed E-state index contributed by atoms with van der Waals surface area (Å²) < 4.78 is 5.77. The van der Waals surface area contributed by atoms with Crippen LogP contribution < -0.4 is 5.32 Å². The van der Waals surface area contributed by atoms with Gasteiger partial charge in [0.05, 0.1) is 6.10 Å². The molecular weight excluding hydrogens is 186 g/mol. The zero-order chi connectivity index (χ0) is 11.1. The fourth-order valence-corrected chi connectivity index (χ4v) is 1.81. The Morgan fingerprint density at radius 3 is 2.47 bits per heavy atom. The molecule has 0 aromatic carbocycles. The summed E-state index contributed by atoms with van der Waals surface area (Å²) in [5.41, 5.74) is 0. The molecule has 1 aliphatic carbocycles. The molecule has 1 aliphatic rings. The lowest BCUT2D eigenvalue weighted by molar-refractivity contribution is 0.0596. The van der Waals surface area contributed by atoms with Crippen molar-refractivity contribution in [3.63, 3.8) is 0 Å². The SMILES string of the molecule is CCC(CC)NCC(C)OCCC1CC1. The lowest BCUT2D eigenvalue weighted by atomic mass is 10.1. The van der Waals surface area contributed by atoms with Gasteiger partial charge in [-0.25, -0.2) is 0 Å². The maximum Gasteiger partial charge on any atom is 0.0671 e. The number of rotatable bonds is 9. The molecule has 90 valence electrons. The molecule has 1 saturated carbocycles. The Hall–Kier alpha value is -0.0800. The molecule has 0 aromatic rings. The van der Waals surface area contributed by atoms with Crippen molar-refractivity contribution in [1.29, 1.82) is 0 Å². The molecule has 0 spiro atoms. The van der Waals surface area contributed by atoms with Crippen LogP contribution in [0.1, 0.15) is 52.9 Å². The normalized spacial score (nSPS) is 18.4. The van der Waals surface area contributed by atoms with Crippen LogP contribution in [0, 0.1) is 5.92 Å². The third-order valence-corrected chi connectivity index (χ3v) is 3.30. The predicted molar refractivity (Wildman–Crippen MR) is 65.1 cm³/mol. The fourth-order valence-electron chi connectivity index (χ4n) is 1.81. The van der Waals surface area contributed by atoms with Gasteiger partial charge in [0.25, 0.3) is 0 Å². The molecule has 0 heterocycles. The first kappa shape index (κ1) is 13.0. The van der Waals surface area contributed by atoms with Crippen molar-refractivity contribution >= 4 is 0 Å². The van der Waals surface area contributed by atoms with Gasteiger partial charge in [-0.05, 0) is 32.1 Å². The van der Waals surface area contributed by atoms with E-state index < -0.39 is 0 Å². The van der Waals surface area contributed by atoms with Crippen LogP contribution in [0.4, 0.5) is 0 Å². The number of nitrogens with one attached hydrogen (secondary N) is 1. The molecule has 2 nitrogen and oxygen atoms in total. The second-order valence-corrected chi connectivity index (χ2v) is 4.84. The van der Waals surface area contributed by atoms with E-state index in [4.69, 9.17) is 4.74 Å². The van der Waals surface area contributed by atoms with Crippen LogP contribution in [0.15, 0.2) is 0 Å². The van der Waals surface area contributed by atoms with Crippen LogP contribution in [-0.2, 0) is 4.74 Å². The van der Waals surface area contributed by atoms with E-state index in [0.29, 0.717) is 12.1 Å². The Morgan fingerprint density at radius 1 is 1.27 bits per heavy atom. The summed E-state index contributed by atoms with van der Waals surface area (Å²) in [4.78, 5) is 0. The Balaban J connectivity index is 1.93. The molecule has 1 N–H and O–H groups in total. The summed E-state index contributed by atoms with van der Waals surface area (Å²) in [5, 5.41) is 3.55. The van der Waals surface area contributed by atoms with Crippen LogP contribution in [0.5, 0.6) is 0 Å². The van der Waals surface area contributed by atoms with Crippen molar-refractivity contribution in [2.45, 2.75) is 65.0 Å². The summed E-state index contributed by atoms with van der Waals surface area (Å²) >= 11 is 0. The van der Waals surface area contributed by atoms with Gasteiger partial charge in [-0.2, -0.15) is 0 Å². The average Bonchev–Trinajstić information content (AvgIpc) is 3.03. The summed E-state index contributed by atoms with van der Waals surface area (Å²) in [6, 6.07) is 0.666. The maximum absolute atomic E-state index is 5.77. The van der Waals surface area contributed by atoms with Crippen molar-refractivity contribution in [1.82, 2.24) is 5.32 Å². The second-order valence-electron chi connectivity index (χ2n) is 4.84. The van der Waals surface area contributed by atoms with Gasteiger partial charge in [0.2, 0.25) is 0 Å². The van der Waals surface area contributed by atoms with Gasteiger partial charge >= 0.3 is 0 Å². The van der Waals surface area contributed by atoms with Gasteiger partial charge in [0.15, 0.2) is 0 Å². The van der Waals surface area contributed by atoms with Gasteiger partial charge in [-0.15, -0.1) is 0 Å². The van der Waals surface area contributed by atoms with Gasteiger partial charge < -0.3 is 10.1 Å². The van der Waals surface area contributed by atoms with Crippen molar-refractivity contribution in [2.24, 2.45) is 5.92 Å². The number of ether oxygens (including phenoxy) is 1. The molecule has 0 aliphatic heterocycles. The molecule has 1 atom stereocenters. The minimum atomic E-state index is 0.365. The van der Waals surface area contributed by atoms with Crippen molar-refractivity contribution < 1.29 is 4.74 Å². The van der Waals surface area contributed by atoms with Crippen molar-refractivity contribution in [2.75, 3.05) is 13.2 Å². The fraction of sp³-hybridized carbons (Fsp3) is 1.00. The molecule has 1 fully saturated rings. The molecular formula is C13H27NO. The standard InChI is InChI=1S/C13H27NO/c1-4-13(5-2)14-10-11(3)15-9-8-12-6-7-12/h11-14H,4-10H2,1-3H3. The van der Waals surface area contributed by atoms with Gasteiger partial charge in [0.1, 0.15) is 0 Å². The van der Waals surface area contributed by atoms with E-state index in [1.165, 1.54) is 32.1 Å². The average molecular weight is 213 g/mol. The van der Waals surface area contributed by atoms with Crippen LogP contribution in [0.3, 0.4) is 0 Å². The highest BCUT2D eigenvalue weighted by Gasteiger charge is 2.20. The zero-order valence-electron chi connectivity index (χ0n) is 10.6. The van der Waals surface area contributed by atoms with Crippen molar-refractivity contribution in [3.05, 3.63) is 0 Å². The summed E-state index contributed by atoms with van der Waals surface area (Å²) in [6.07, 6.45) is 6.93. The predicted octanol–water partition coefficient (Wildman–Crippen LogP) is 2.97. The van der Waals surface area contributed by atoms with Crippen LogP contribution in [0.2, 0.25) is 0 Å². The number of hydrogen-bond acceptors (Lipinski definition) is 2. The van der Waals surface area contributed by atoms with E-state index in [-0.39, 0.29) is 0 Å². The van der Waals surface area contributed by atoms with E-state index in [1.54, 1.807) is 0 Å². The Kier molecular flexibility index (Phi) is 6.26. The molecule has 15 heavy (non-hydrogen) atoms. The Labute approximate surface area is 94.8 Å². The summed E-state index contributed by atoms with van der Waals surface area (Å²) in [6.45, 7) is 8.59. The maximum atomic E-state index is 5.77.